The number of rotatable bonds is 3. The molecule has 0 N–H and O–H groups in total. The van der Waals surface area contributed by atoms with Gasteiger partial charge >= 0.3 is 0 Å². The Morgan fingerprint density at radius 1 is 0.537 bits per heavy atom. The first-order valence-corrected chi connectivity index (χ1v) is 17.3. The molecule has 0 aromatic carbocycles. The molecular weight excluding hydrogens is 492 g/mol. The molecule has 246 valence electrons. The van der Waals surface area contributed by atoms with Crippen LogP contribution in [0.3, 0.4) is 0 Å². The molecule has 0 amide bonds. The van der Waals surface area contributed by atoms with Gasteiger partial charge in [0.1, 0.15) is 0 Å². The fourth-order valence-electron chi connectivity index (χ4n) is 12.1. The topological polar surface area (TPSA) is 0 Å². The highest BCUT2D eigenvalue weighted by molar-refractivity contribution is 5.05. The SMILES string of the molecule is C.C.C.C.CC(C)C12CC3CC(CC(C3)C1)C2.CC(C)C12CCC(CC1)CC2.CC(C)C1CC2CC(C1C)C2(C)C. The normalized spacial score (nSPS) is 43.6. The van der Waals surface area contributed by atoms with Gasteiger partial charge in [0, 0.05) is 0 Å². The zero-order valence-corrected chi connectivity index (χ0v) is 26.8. The number of fused-ring (bicyclic) bond motifs is 5. The molecule has 4 unspecified atom stereocenters. The van der Waals surface area contributed by atoms with E-state index in [9.17, 15) is 0 Å². The van der Waals surface area contributed by atoms with Gasteiger partial charge in [-0.25, -0.2) is 0 Å². The van der Waals surface area contributed by atoms with Crippen molar-refractivity contribution >= 4 is 0 Å². The molecule has 4 atom stereocenters. The van der Waals surface area contributed by atoms with Gasteiger partial charge in [0.2, 0.25) is 0 Å². The predicted octanol–water partition coefficient (Wildman–Crippen LogP) is 14.0. The Morgan fingerprint density at radius 2 is 0.951 bits per heavy atom. The minimum Gasteiger partial charge on any atom is -0.0776 e. The van der Waals surface area contributed by atoms with Crippen LogP contribution in [0.2, 0.25) is 0 Å². The zero-order chi connectivity index (χ0) is 26.8. The Hall–Kier alpha value is 0. The molecule has 41 heavy (non-hydrogen) atoms. The lowest BCUT2D eigenvalue weighted by molar-refractivity contribution is -0.137. The maximum Gasteiger partial charge on any atom is -0.0267 e. The van der Waals surface area contributed by atoms with E-state index in [-0.39, 0.29) is 29.7 Å². The fourth-order valence-corrected chi connectivity index (χ4v) is 12.1. The Balaban J connectivity index is 0.000000294. The van der Waals surface area contributed by atoms with E-state index in [1.807, 2.05) is 0 Å². The van der Waals surface area contributed by atoms with E-state index in [1.165, 1.54) is 51.4 Å². The lowest BCUT2D eigenvalue weighted by atomic mass is 9.42. The first kappa shape index (κ1) is 39.0. The molecule has 10 aliphatic rings. The molecule has 0 saturated heterocycles. The van der Waals surface area contributed by atoms with Gasteiger partial charge in [-0.3, -0.25) is 0 Å². The third-order valence-electron chi connectivity index (χ3n) is 15.0. The molecule has 8 bridgehead atoms. The monoisotopic (exact) mass is 575 g/mol. The highest BCUT2D eigenvalue weighted by atomic mass is 14.6. The molecule has 0 spiro atoms. The quantitative estimate of drug-likeness (QED) is 0.314. The maximum atomic E-state index is 2.49. The van der Waals surface area contributed by atoms with E-state index < -0.39 is 0 Å². The Kier molecular flexibility index (Phi) is 13.7. The van der Waals surface area contributed by atoms with Crippen molar-refractivity contribution in [3.05, 3.63) is 0 Å². The minimum atomic E-state index is 0. The molecule has 10 rings (SSSR count). The van der Waals surface area contributed by atoms with E-state index in [0.717, 1.165) is 75.9 Å². The Morgan fingerprint density at radius 3 is 1.24 bits per heavy atom. The molecule has 0 heteroatoms. The summed E-state index contributed by atoms with van der Waals surface area (Å²) in [5, 5.41) is 0. The van der Waals surface area contributed by atoms with Crippen molar-refractivity contribution < 1.29 is 0 Å². The van der Waals surface area contributed by atoms with Crippen LogP contribution in [0.25, 0.3) is 0 Å². The summed E-state index contributed by atoms with van der Waals surface area (Å²) in [4.78, 5) is 0. The van der Waals surface area contributed by atoms with E-state index in [0.29, 0.717) is 5.41 Å². The van der Waals surface area contributed by atoms with Gasteiger partial charge in [0.15, 0.2) is 0 Å². The molecule has 0 radical (unpaired) electrons. The van der Waals surface area contributed by atoms with Crippen LogP contribution in [0.15, 0.2) is 0 Å². The average molecular weight is 575 g/mol. The van der Waals surface area contributed by atoms with Crippen molar-refractivity contribution in [2.75, 3.05) is 0 Å². The summed E-state index contributed by atoms with van der Waals surface area (Å²) in [6.45, 7) is 22.0. The van der Waals surface area contributed by atoms with E-state index in [1.54, 1.807) is 38.5 Å². The van der Waals surface area contributed by atoms with Crippen LogP contribution in [0.1, 0.15) is 182 Å². The summed E-state index contributed by atoms with van der Waals surface area (Å²) in [5.74, 6) is 11.4. The molecule has 10 saturated carbocycles. The van der Waals surface area contributed by atoms with Gasteiger partial charge in [-0.05, 0) is 171 Å². The van der Waals surface area contributed by atoms with Gasteiger partial charge in [-0.2, -0.15) is 0 Å². The molecule has 10 fully saturated rings. The van der Waals surface area contributed by atoms with Crippen LogP contribution in [0, 0.1) is 81.3 Å². The highest BCUT2D eigenvalue weighted by Crippen LogP contribution is 2.64. The molecule has 0 heterocycles. The van der Waals surface area contributed by atoms with Crippen LogP contribution < -0.4 is 0 Å². The first-order valence-electron chi connectivity index (χ1n) is 17.3. The summed E-state index contributed by atoms with van der Waals surface area (Å²) in [6.07, 6.45) is 21.8. The van der Waals surface area contributed by atoms with Crippen LogP contribution >= 0.6 is 0 Å². The minimum absolute atomic E-state index is 0. The van der Waals surface area contributed by atoms with Crippen molar-refractivity contribution in [3.8, 4) is 0 Å². The van der Waals surface area contributed by atoms with Crippen LogP contribution in [-0.2, 0) is 0 Å². The molecule has 0 aromatic rings. The van der Waals surface area contributed by atoms with Crippen LogP contribution in [0.5, 0.6) is 0 Å². The number of hydrogen-bond acceptors (Lipinski definition) is 0. The lowest BCUT2D eigenvalue weighted by Crippen LogP contribution is -2.55. The van der Waals surface area contributed by atoms with Crippen molar-refractivity contribution in [3.63, 3.8) is 0 Å². The van der Waals surface area contributed by atoms with Gasteiger partial charge in [-0.15, -0.1) is 0 Å². The van der Waals surface area contributed by atoms with Crippen molar-refractivity contribution in [2.45, 2.75) is 182 Å². The zero-order valence-electron chi connectivity index (χ0n) is 26.8. The summed E-state index contributed by atoms with van der Waals surface area (Å²) in [5.41, 5.74) is 2.26. The molecule has 0 aromatic heterocycles. The summed E-state index contributed by atoms with van der Waals surface area (Å²) in [6, 6.07) is 0. The second kappa shape index (κ2) is 14.4. The third-order valence-corrected chi connectivity index (χ3v) is 15.0. The van der Waals surface area contributed by atoms with Crippen molar-refractivity contribution in [2.24, 2.45) is 81.3 Å². The first-order chi connectivity index (χ1) is 17.3. The summed E-state index contributed by atoms with van der Waals surface area (Å²) in [7, 11) is 0. The molecule has 0 nitrogen and oxygen atoms in total. The highest BCUT2D eigenvalue weighted by Gasteiger charge is 2.56. The van der Waals surface area contributed by atoms with E-state index >= 15 is 0 Å². The van der Waals surface area contributed by atoms with Gasteiger partial charge < -0.3 is 0 Å². The van der Waals surface area contributed by atoms with Gasteiger partial charge in [-0.1, -0.05) is 92.0 Å². The second-order valence-corrected chi connectivity index (χ2v) is 17.8. The Labute approximate surface area is 262 Å². The Bertz CT molecular complexity index is 708. The molecule has 0 aliphatic heterocycles. The maximum absolute atomic E-state index is 2.49. The number of hydrogen-bond donors (Lipinski definition) is 0. The van der Waals surface area contributed by atoms with E-state index in [2.05, 4.69) is 62.3 Å². The standard InChI is InChI=1S/C13H22.C13H24.C11H20.4CH4/c1-9(2)13-6-10-3-11(7-13)5-12(4-10)8-13;1-8(2)11-6-10-7-12(9(11)3)13(10,4)5;1-9(2)11-6-3-10(4-7-11)5-8-11;;;;/h9-12H,3-8H2,1-2H3;8-12H,6-7H2,1-5H3;9-10H,3-8H2,1-2H3;4*1H4. The lowest BCUT2D eigenvalue weighted by Gasteiger charge is -2.63. The summed E-state index contributed by atoms with van der Waals surface area (Å²) >= 11 is 0. The fraction of sp³-hybridized carbons (Fsp3) is 1.00. The van der Waals surface area contributed by atoms with E-state index in [4.69, 9.17) is 0 Å². The average Bonchev–Trinajstić information content (AvgIpc) is 2.84. The largest absolute Gasteiger partial charge is 0.0776 e. The van der Waals surface area contributed by atoms with Gasteiger partial charge in [0.25, 0.3) is 0 Å². The van der Waals surface area contributed by atoms with Crippen molar-refractivity contribution in [1.29, 1.82) is 0 Å². The van der Waals surface area contributed by atoms with Crippen LogP contribution in [0.4, 0.5) is 0 Å². The summed E-state index contributed by atoms with van der Waals surface area (Å²) < 4.78 is 0. The smallest absolute Gasteiger partial charge is 0.0267 e. The molecular formula is C41H82. The second-order valence-electron chi connectivity index (χ2n) is 17.8. The predicted molar refractivity (Wildman–Crippen MR) is 188 cm³/mol. The van der Waals surface area contributed by atoms with Crippen LogP contribution in [-0.4, -0.2) is 0 Å². The molecule has 10 aliphatic carbocycles. The third kappa shape index (κ3) is 7.29. The van der Waals surface area contributed by atoms with Gasteiger partial charge in [0.05, 0.1) is 0 Å². The van der Waals surface area contributed by atoms with Crippen molar-refractivity contribution in [1.82, 2.24) is 0 Å².